The van der Waals surface area contributed by atoms with Gasteiger partial charge in [0.2, 0.25) is 11.8 Å². The number of rotatable bonds is 8. The zero-order valence-corrected chi connectivity index (χ0v) is 24.8. The number of cyclic esters (lactones) is 1. The van der Waals surface area contributed by atoms with Crippen LogP contribution in [0.4, 0.5) is 0 Å². The summed E-state index contributed by atoms with van der Waals surface area (Å²) in [5.74, 6) is -0.423. The first-order valence-electron chi connectivity index (χ1n) is 14.6. The number of esters is 1. The number of carbonyl (C=O) groups excluding carboxylic acids is 3. The standard InChI is InChI=1S/C33H42N2O7/c1-21(2)19-28-33(38)41-27(22(3)30-31(42-30)24-9-6-5-7-10-24)11-8-12-29(36)35-26(32(37)34-17-18-40-28)20-23-13-15-25(39-4)16-14-23/h5-10,12-16,21-22,26-28,30-31H,11,17-20H2,1-4H3,(H,34,37)(H,35,36)/b12-8+/t22-,26+,27-,28-,30?,31?/m0/s1. The number of ether oxygens (including phenoxy) is 4. The summed E-state index contributed by atoms with van der Waals surface area (Å²) in [6.45, 7) is 6.34. The van der Waals surface area contributed by atoms with Gasteiger partial charge in [0.15, 0.2) is 6.10 Å². The van der Waals surface area contributed by atoms with Crippen molar-refractivity contribution in [1.82, 2.24) is 10.6 Å². The second-order valence-corrected chi connectivity index (χ2v) is 11.3. The van der Waals surface area contributed by atoms with Gasteiger partial charge < -0.3 is 29.6 Å². The number of hydrogen-bond acceptors (Lipinski definition) is 7. The van der Waals surface area contributed by atoms with Gasteiger partial charge in [0, 0.05) is 25.3 Å². The molecular weight excluding hydrogens is 536 g/mol. The first-order chi connectivity index (χ1) is 20.2. The van der Waals surface area contributed by atoms with E-state index in [0.717, 1.165) is 11.1 Å². The lowest BCUT2D eigenvalue weighted by Crippen LogP contribution is -2.48. The second kappa shape index (κ2) is 15.0. The van der Waals surface area contributed by atoms with Crippen molar-refractivity contribution in [3.8, 4) is 5.75 Å². The van der Waals surface area contributed by atoms with Crippen LogP contribution in [0.15, 0.2) is 66.7 Å². The number of nitrogens with one attached hydrogen (secondary N) is 2. The van der Waals surface area contributed by atoms with E-state index >= 15 is 0 Å². The van der Waals surface area contributed by atoms with Gasteiger partial charge in [-0.2, -0.15) is 0 Å². The summed E-state index contributed by atoms with van der Waals surface area (Å²) in [6, 6.07) is 16.5. The topological polar surface area (TPSA) is 115 Å². The van der Waals surface area contributed by atoms with Crippen LogP contribution in [-0.4, -0.2) is 62.4 Å². The first-order valence-corrected chi connectivity index (χ1v) is 14.6. The Labute approximate surface area is 247 Å². The summed E-state index contributed by atoms with van der Waals surface area (Å²) in [4.78, 5) is 39.3. The fourth-order valence-corrected chi connectivity index (χ4v) is 5.14. The van der Waals surface area contributed by atoms with E-state index in [0.29, 0.717) is 25.0 Å². The summed E-state index contributed by atoms with van der Waals surface area (Å²) in [7, 11) is 1.59. The van der Waals surface area contributed by atoms with Crippen LogP contribution in [-0.2, 0) is 35.0 Å². The average molecular weight is 579 g/mol. The Kier molecular flexibility index (Phi) is 11.1. The van der Waals surface area contributed by atoms with Crippen molar-refractivity contribution >= 4 is 17.8 Å². The van der Waals surface area contributed by atoms with Gasteiger partial charge in [-0.05, 0) is 41.7 Å². The quantitative estimate of drug-likeness (QED) is 0.360. The van der Waals surface area contributed by atoms with Crippen molar-refractivity contribution in [2.75, 3.05) is 20.3 Å². The molecule has 2 heterocycles. The Morgan fingerprint density at radius 2 is 1.74 bits per heavy atom. The molecule has 2 amide bonds. The maximum absolute atomic E-state index is 13.3. The zero-order valence-electron chi connectivity index (χ0n) is 24.8. The number of epoxide rings is 1. The molecule has 2 aliphatic heterocycles. The van der Waals surface area contributed by atoms with E-state index in [1.807, 2.05) is 75.4 Å². The van der Waals surface area contributed by atoms with Crippen LogP contribution in [0.2, 0.25) is 0 Å². The highest BCUT2D eigenvalue weighted by Gasteiger charge is 2.47. The van der Waals surface area contributed by atoms with Crippen LogP contribution in [0.3, 0.4) is 0 Å². The van der Waals surface area contributed by atoms with Gasteiger partial charge in [0.1, 0.15) is 24.0 Å². The summed E-state index contributed by atoms with van der Waals surface area (Å²) in [5, 5.41) is 5.65. The van der Waals surface area contributed by atoms with Gasteiger partial charge in [0.05, 0.1) is 19.8 Å². The van der Waals surface area contributed by atoms with E-state index in [-0.39, 0.29) is 43.1 Å². The molecule has 0 aromatic heterocycles. The lowest BCUT2D eigenvalue weighted by molar-refractivity contribution is -0.166. The van der Waals surface area contributed by atoms with Gasteiger partial charge >= 0.3 is 5.97 Å². The van der Waals surface area contributed by atoms with Crippen LogP contribution >= 0.6 is 0 Å². The molecule has 2 aromatic carbocycles. The molecule has 2 aliphatic rings. The molecule has 6 atom stereocenters. The SMILES string of the molecule is COc1ccc(C[C@H]2NC(=O)/C=C/C[C@@H]([C@H](C)C3OC3c3ccccc3)OC(=O)[C@H](CC(C)C)OCCNC2=O)cc1. The minimum Gasteiger partial charge on any atom is -0.497 e. The van der Waals surface area contributed by atoms with Crippen LogP contribution in [0.25, 0.3) is 0 Å². The van der Waals surface area contributed by atoms with Crippen LogP contribution in [0.5, 0.6) is 5.75 Å². The third-order valence-electron chi connectivity index (χ3n) is 7.56. The highest BCUT2D eigenvalue weighted by Crippen LogP contribution is 2.45. The average Bonchev–Trinajstić information content (AvgIpc) is 3.78. The third-order valence-corrected chi connectivity index (χ3v) is 7.56. The Morgan fingerprint density at radius 1 is 1.00 bits per heavy atom. The molecule has 226 valence electrons. The van der Waals surface area contributed by atoms with Crippen molar-refractivity contribution < 1.29 is 33.3 Å². The van der Waals surface area contributed by atoms with Crippen molar-refractivity contribution in [3.63, 3.8) is 0 Å². The van der Waals surface area contributed by atoms with E-state index < -0.39 is 30.1 Å². The van der Waals surface area contributed by atoms with Crippen LogP contribution in [0.1, 0.15) is 50.8 Å². The Bertz CT molecular complexity index is 1210. The third kappa shape index (κ3) is 8.90. The summed E-state index contributed by atoms with van der Waals surface area (Å²) < 4.78 is 23.2. The molecule has 42 heavy (non-hydrogen) atoms. The number of carbonyl (C=O) groups is 3. The molecule has 1 saturated heterocycles. The molecule has 0 radical (unpaired) electrons. The summed E-state index contributed by atoms with van der Waals surface area (Å²) in [5.41, 5.74) is 1.95. The minimum absolute atomic E-state index is 0.0673. The van der Waals surface area contributed by atoms with E-state index in [2.05, 4.69) is 10.6 Å². The smallest absolute Gasteiger partial charge is 0.335 e. The van der Waals surface area contributed by atoms with Crippen molar-refractivity contribution in [2.45, 2.75) is 70.5 Å². The van der Waals surface area contributed by atoms with E-state index in [9.17, 15) is 14.4 Å². The maximum atomic E-state index is 13.3. The molecule has 2 N–H and O–H groups in total. The number of benzene rings is 2. The molecule has 0 aliphatic carbocycles. The summed E-state index contributed by atoms with van der Waals surface area (Å²) >= 11 is 0. The molecule has 0 bridgehead atoms. The highest BCUT2D eigenvalue weighted by atomic mass is 16.6. The largest absolute Gasteiger partial charge is 0.497 e. The fraction of sp³-hybridized carbons (Fsp3) is 0.485. The molecule has 9 nitrogen and oxygen atoms in total. The van der Waals surface area contributed by atoms with E-state index in [1.165, 1.54) is 6.08 Å². The molecule has 1 fully saturated rings. The van der Waals surface area contributed by atoms with Crippen molar-refractivity contribution in [2.24, 2.45) is 11.8 Å². The van der Waals surface area contributed by atoms with E-state index in [1.54, 1.807) is 13.2 Å². The van der Waals surface area contributed by atoms with Crippen LogP contribution < -0.4 is 15.4 Å². The Morgan fingerprint density at radius 3 is 2.43 bits per heavy atom. The second-order valence-electron chi connectivity index (χ2n) is 11.3. The molecule has 0 saturated carbocycles. The van der Waals surface area contributed by atoms with Gasteiger partial charge in [-0.3, -0.25) is 9.59 Å². The number of hydrogen-bond donors (Lipinski definition) is 2. The van der Waals surface area contributed by atoms with Gasteiger partial charge in [-0.15, -0.1) is 0 Å². The molecule has 9 heteroatoms. The predicted molar refractivity (Wildman–Crippen MR) is 158 cm³/mol. The normalized spacial score (nSPS) is 27.1. The lowest BCUT2D eigenvalue weighted by Gasteiger charge is -2.26. The number of amides is 2. The van der Waals surface area contributed by atoms with Gasteiger partial charge in [-0.25, -0.2) is 4.79 Å². The van der Waals surface area contributed by atoms with E-state index in [4.69, 9.17) is 18.9 Å². The minimum atomic E-state index is -0.800. The lowest BCUT2D eigenvalue weighted by atomic mass is 9.93. The monoisotopic (exact) mass is 578 g/mol. The van der Waals surface area contributed by atoms with Crippen molar-refractivity contribution in [3.05, 3.63) is 77.9 Å². The fourth-order valence-electron chi connectivity index (χ4n) is 5.14. The first kappa shape index (κ1) is 31.3. The molecule has 2 unspecified atom stereocenters. The Balaban J connectivity index is 1.51. The summed E-state index contributed by atoms with van der Waals surface area (Å²) in [6.07, 6.45) is 2.69. The number of methoxy groups -OCH3 is 1. The predicted octanol–water partition coefficient (Wildman–Crippen LogP) is 3.92. The zero-order chi connectivity index (χ0) is 30.1. The molecule has 2 aromatic rings. The molecular formula is C33H42N2O7. The Hall–Kier alpha value is -3.69. The maximum Gasteiger partial charge on any atom is 0.335 e. The molecule has 0 spiro atoms. The van der Waals surface area contributed by atoms with Crippen molar-refractivity contribution in [1.29, 1.82) is 0 Å². The molecule has 4 rings (SSSR count). The van der Waals surface area contributed by atoms with Gasteiger partial charge in [-0.1, -0.05) is 69.3 Å². The van der Waals surface area contributed by atoms with Crippen LogP contribution in [0, 0.1) is 11.8 Å². The highest BCUT2D eigenvalue weighted by molar-refractivity contribution is 5.93. The van der Waals surface area contributed by atoms with Gasteiger partial charge in [0.25, 0.3) is 0 Å².